The maximum atomic E-state index is 12.7. The number of carbonyl (C=O) groups is 4. The Hall–Kier alpha value is -4.83. The van der Waals surface area contributed by atoms with Crippen molar-refractivity contribution in [1.29, 1.82) is 0 Å². The summed E-state index contributed by atoms with van der Waals surface area (Å²) in [4.78, 5) is 56.3. The van der Waals surface area contributed by atoms with E-state index in [4.69, 9.17) is 23.5 Å². The van der Waals surface area contributed by atoms with E-state index in [1.165, 1.54) is 0 Å². The molecule has 57 heavy (non-hydrogen) atoms. The van der Waals surface area contributed by atoms with E-state index in [9.17, 15) is 19.2 Å². The molecule has 310 valence electrons. The lowest BCUT2D eigenvalue weighted by molar-refractivity contribution is 0.00578. The van der Waals surface area contributed by atoms with Gasteiger partial charge in [0.2, 0.25) is 0 Å². The first-order chi connectivity index (χ1) is 26.2. The fourth-order valence-electron chi connectivity index (χ4n) is 6.40. The van der Waals surface area contributed by atoms with E-state index in [2.05, 4.69) is 20.8 Å². The summed E-state index contributed by atoms with van der Waals surface area (Å²) in [6.45, 7) is 26.7. The Kier molecular flexibility index (Phi) is 12.0. The summed E-state index contributed by atoms with van der Waals surface area (Å²) in [7, 11) is -0.314. The van der Waals surface area contributed by atoms with Gasteiger partial charge in [-0.05, 0) is 126 Å². The van der Waals surface area contributed by atoms with Crippen LogP contribution >= 0.6 is 0 Å². The number of anilines is 1. The van der Waals surface area contributed by atoms with Gasteiger partial charge in [0.1, 0.15) is 16.8 Å². The molecule has 3 N–H and O–H groups in total. The van der Waals surface area contributed by atoms with Crippen molar-refractivity contribution in [2.75, 3.05) is 31.5 Å². The van der Waals surface area contributed by atoms with Crippen molar-refractivity contribution in [3.8, 4) is 0 Å². The highest BCUT2D eigenvalue weighted by molar-refractivity contribution is 6.54. The summed E-state index contributed by atoms with van der Waals surface area (Å²) in [5.41, 5.74) is 5.36. The summed E-state index contributed by atoms with van der Waals surface area (Å²) in [6.07, 6.45) is 5.74. The number of H-pyrrole nitrogens is 1. The van der Waals surface area contributed by atoms with Crippen molar-refractivity contribution < 1.29 is 42.7 Å². The SMILES string of the molecule is CC(C)(C)OC(=O)N1CC=C(B2OC(C)(C)C(C)(C)O2)CC1.CC(C)(C)OC(=O)Nc1cc2c3c(c(C4=CCN(C(=O)OC(C)(C)C)CC4)[nH]c3c1)C=NNC2=O. The fraction of sp³-hybridized carbons (Fsp3) is 0.585. The number of hydrazone groups is 1. The van der Waals surface area contributed by atoms with Crippen LogP contribution < -0.4 is 10.7 Å². The molecule has 4 amide bonds. The number of benzene rings is 1. The highest BCUT2D eigenvalue weighted by Crippen LogP contribution is 2.40. The maximum Gasteiger partial charge on any atom is 0.490 e. The van der Waals surface area contributed by atoms with E-state index >= 15 is 0 Å². The summed E-state index contributed by atoms with van der Waals surface area (Å²) in [6, 6.07) is 3.37. The van der Waals surface area contributed by atoms with Crippen molar-refractivity contribution in [1.82, 2.24) is 20.2 Å². The third kappa shape index (κ3) is 10.8. The van der Waals surface area contributed by atoms with E-state index < -0.39 is 22.9 Å². The van der Waals surface area contributed by atoms with Crippen LogP contribution in [0.15, 0.2) is 34.9 Å². The van der Waals surface area contributed by atoms with Gasteiger partial charge in [0, 0.05) is 48.3 Å². The molecule has 1 fully saturated rings. The first kappa shape index (κ1) is 43.3. The zero-order chi connectivity index (χ0) is 42.3. The Morgan fingerprint density at radius 2 is 1.35 bits per heavy atom. The van der Waals surface area contributed by atoms with Gasteiger partial charge in [0.05, 0.1) is 28.7 Å². The average Bonchev–Trinajstić information content (AvgIpc) is 3.47. The highest BCUT2D eigenvalue weighted by atomic mass is 16.7. The van der Waals surface area contributed by atoms with Gasteiger partial charge in [0.25, 0.3) is 5.91 Å². The molecule has 0 unspecified atom stereocenters. The van der Waals surface area contributed by atoms with Gasteiger partial charge in [-0.1, -0.05) is 12.2 Å². The molecule has 4 aliphatic heterocycles. The Morgan fingerprint density at radius 3 is 1.84 bits per heavy atom. The second-order valence-corrected chi connectivity index (χ2v) is 18.6. The number of rotatable bonds is 3. The van der Waals surface area contributed by atoms with E-state index in [-0.39, 0.29) is 36.4 Å². The van der Waals surface area contributed by atoms with Crippen molar-refractivity contribution in [2.45, 2.75) is 131 Å². The molecule has 5 heterocycles. The second kappa shape index (κ2) is 15.8. The number of carbonyl (C=O) groups excluding carboxylic acids is 4. The van der Waals surface area contributed by atoms with Crippen LogP contribution in [0.5, 0.6) is 0 Å². The lowest BCUT2D eigenvalue weighted by Gasteiger charge is -2.32. The van der Waals surface area contributed by atoms with Crippen molar-refractivity contribution in [3.63, 3.8) is 0 Å². The average molecular weight is 791 g/mol. The van der Waals surface area contributed by atoms with Crippen LogP contribution in [0.25, 0.3) is 16.5 Å². The fourth-order valence-corrected chi connectivity index (χ4v) is 6.40. The van der Waals surface area contributed by atoms with Crippen LogP contribution in [-0.4, -0.2) is 106 Å². The number of nitrogens with zero attached hydrogens (tertiary/aromatic N) is 3. The summed E-state index contributed by atoms with van der Waals surface area (Å²) in [5, 5.41) is 7.49. The first-order valence-electron chi connectivity index (χ1n) is 19.4. The Bertz CT molecular complexity index is 1980. The number of nitrogens with one attached hydrogen (secondary N) is 3. The molecule has 0 saturated carbocycles. The molecule has 4 aliphatic rings. The largest absolute Gasteiger partial charge is 0.490 e. The van der Waals surface area contributed by atoms with Gasteiger partial charge in [-0.25, -0.2) is 19.8 Å². The van der Waals surface area contributed by atoms with E-state index in [1.54, 1.807) is 48.9 Å². The predicted molar refractivity (Wildman–Crippen MR) is 220 cm³/mol. The summed E-state index contributed by atoms with van der Waals surface area (Å²) >= 11 is 0. The molecule has 15 nitrogen and oxygen atoms in total. The van der Waals surface area contributed by atoms with Gasteiger partial charge >= 0.3 is 25.4 Å². The van der Waals surface area contributed by atoms with Crippen LogP contribution in [0.4, 0.5) is 20.1 Å². The highest BCUT2D eigenvalue weighted by Gasteiger charge is 2.52. The van der Waals surface area contributed by atoms with Crippen LogP contribution in [0.3, 0.4) is 0 Å². The minimum absolute atomic E-state index is 0.267. The lowest BCUT2D eigenvalue weighted by atomic mass is 9.75. The monoisotopic (exact) mass is 790 g/mol. The van der Waals surface area contributed by atoms with E-state index in [0.717, 1.165) is 28.7 Å². The quantitative estimate of drug-likeness (QED) is 0.207. The topological polar surface area (TPSA) is 173 Å². The number of aromatic nitrogens is 1. The van der Waals surface area contributed by atoms with Crippen LogP contribution in [-0.2, 0) is 23.5 Å². The molecule has 2 aromatic rings. The third-order valence-corrected chi connectivity index (χ3v) is 9.82. The minimum atomic E-state index is -0.654. The summed E-state index contributed by atoms with van der Waals surface area (Å²) in [5.74, 6) is -0.378. The van der Waals surface area contributed by atoms with Crippen LogP contribution in [0, 0.1) is 0 Å². The zero-order valence-electron chi connectivity index (χ0n) is 35.7. The van der Waals surface area contributed by atoms with Gasteiger partial charge in [-0.3, -0.25) is 10.1 Å². The molecule has 0 aliphatic carbocycles. The Balaban J connectivity index is 0.000000242. The maximum absolute atomic E-state index is 12.7. The number of hydrogen-bond donors (Lipinski definition) is 3. The van der Waals surface area contributed by atoms with Crippen LogP contribution in [0.2, 0.25) is 0 Å². The van der Waals surface area contributed by atoms with Gasteiger partial charge in [0.15, 0.2) is 0 Å². The Labute approximate surface area is 336 Å². The Morgan fingerprint density at radius 1 is 0.807 bits per heavy atom. The molecule has 0 spiro atoms. The van der Waals surface area contributed by atoms with Gasteiger partial charge in [-0.15, -0.1) is 0 Å². The minimum Gasteiger partial charge on any atom is -0.444 e. The van der Waals surface area contributed by atoms with Crippen molar-refractivity contribution in [3.05, 3.63) is 46.6 Å². The normalized spacial score (nSPS) is 19.1. The second-order valence-electron chi connectivity index (χ2n) is 18.6. The van der Waals surface area contributed by atoms with Crippen LogP contribution in [0.1, 0.15) is 124 Å². The van der Waals surface area contributed by atoms with Crippen molar-refractivity contribution >= 4 is 59.7 Å². The zero-order valence-corrected chi connectivity index (χ0v) is 35.7. The molecular weight excluding hydrogens is 731 g/mol. The third-order valence-electron chi connectivity index (χ3n) is 9.82. The molecule has 1 saturated heterocycles. The molecule has 0 radical (unpaired) electrons. The number of amides is 4. The number of aromatic amines is 1. The van der Waals surface area contributed by atoms with E-state index in [1.807, 2.05) is 81.4 Å². The van der Waals surface area contributed by atoms with E-state index in [0.29, 0.717) is 54.8 Å². The predicted octanol–water partition coefficient (Wildman–Crippen LogP) is 7.80. The molecule has 0 atom stereocenters. The summed E-state index contributed by atoms with van der Waals surface area (Å²) < 4.78 is 28.3. The first-order valence-corrected chi connectivity index (χ1v) is 19.4. The molecule has 0 bridgehead atoms. The molecule has 16 heteroatoms. The van der Waals surface area contributed by atoms with Gasteiger partial charge in [-0.2, -0.15) is 5.10 Å². The van der Waals surface area contributed by atoms with Gasteiger partial charge < -0.3 is 38.3 Å². The lowest BCUT2D eigenvalue weighted by Crippen LogP contribution is -2.41. The molecule has 1 aromatic carbocycles. The molecule has 6 rings (SSSR count). The number of hydrogen-bond acceptors (Lipinski definition) is 10. The smallest absolute Gasteiger partial charge is 0.444 e. The van der Waals surface area contributed by atoms with Crippen molar-refractivity contribution in [2.24, 2.45) is 5.10 Å². The standard InChI is InChI=1S/C25H31N5O5.C16H28BNO4/c1-24(2,3)34-22(32)27-15-11-16-19-17(13-26-29-21(16)31)20(28-18(19)12-15)14-7-9-30(10-8-14)23(33)35-25(4,5)6;1-14(2,3)20-13(19)18-10-8-12(9-11-18)17-21-15(4,5)16(6,7)22-17/h7,11-13,28H,8-10H2,1-6H3,(H,27,32)(H,29,31);8H,9-11H2,1-7H3. The molecule has 1 aromatic heterocycles. The number of ether oxygens (including phenoxy) is 3. The molecular formula is C41H59BN6O9.